The molecule has 0 spiro atoms. The monoisotopic (exact) mass is 296 g/mol. The van der Waals surface area contributed by atoms with Crippen molar-refractivity contribution in [1.82, 2.24) is 0 Å². The van der Waals surface area contributed by atoms with E-state index in [2.05, 4.69) is 39.8 Å². The van der Waals surface area contributed by atoms with Gasteiger partial charge in [-0.25, -0.2) is 0 Å². The largest absolute Gasteiger partial charge is 0.394 e. The van der Waals surface area contributed by atoms with Gasteiger partial charge in [0, 0.05) is 0 Å². The Bertz CT molecular complexity index is 345. The minimum atomic E-state index is -0.466. The van der Waals surface area contributed by atoms with Crippen LogP contribution in [0.3, 0.4) is 0 Å². The van der Waals surface area contributed by atoms with Gasteiger partial charge >= 0.3 is 0 Å². The molecule has 0 bridgehead atoms. The highest BCUT2D eigenvalue weighted by Crippen LogP contribution is 2.11. The number of aliphatic hydroxyl groups is 2. The molecule has 0 saturated heterocycles. The SMILES string of the molecule is CC(C)=CCC/C(C)=C/CC/C(C)=C/COC(CO)CO. The van der Waals surface area contributed by atoms with Gasteiger partial charge in [-0.05, 0) is 53.4 Å². The predicted molar refractivity (Wildman–Crippen MR) is 89.3 cm³/mol. The van der Waals surface area contributed by atoms with Crippen LogP contribution < -0.4 is 0 Å². The molecule has 0 aliphatic heterocycles. The molecular formula is C18H32O3. The summed E-state index contributed by atoms with van der Waals surface area (Å²) in [5, 5.41) is 17.8. The van der Waals surface area contributed by atoms with Crippen molar-refractivity contribution in [3.8, 4) is 0 Å². The van der Waals surface area contributed by atoms with Crippen molar-refractivity contribution < 1.29 is 14.9 Å². The summed E-state index contributed by atoms with van der Waals surface area (Å²) in [6.07, 6.45) is 10.5. The number of hydrogen-bond acceptors (Lipinski definition) is 3. The molecule has 21 heavy (non-hydrogen) atoms. The van der Waals surface area contributed by atoms with E-state index >= 15 is 0 Å². The molecule has 0 unspecified atom stereocenters. The van der Waals surface area contributed by atoms with Crippen molar-refractivity contribution in [1.29, 1.82) is 0 Å². The van der Waals surface area contributed by atoms with Crippen LogP contribution >= 0.6 is 0 Å². The third-order valence-electron chi connectivity index (χ3n) is 3.29. The molecule has 3 nitrogen and oxygen atoms in total. The molecule has 3 heteroatoms. The Morgan fingerprint density at radius 2 is 1.38 bits per heavy atom. The number of ether oxygens (including phenoxy) is 1. The quantitative estimate of drug-likeness (QED) is 0.571. The average molecular weight is 296 g/mol. The zero-order chi connectivity index (χ0) is 16.1. The lowest BCUT2D eigenvalue weighted by Gasteiger charge is -2.10. The van der Waals surface area contributed by atoms with Crippen LogP contribution in [0.2, 0.25) is 0 Å². The van der Waals surface area contributed by atoms with Gasteiger partial charge in [0.05, 0.1) is 19.8 Å². The van der Waals surface area contributed by atoms with Crippen LogP contribution in [0.25, 0.3) is 0 Å². The molecule has 122 valence electrons. The fourth-order valence-electron chi connectivity index (χ4n) is 1.83. The molecule has 0 aliphatic carbocycles. The molecule has 2 N–H and O–H groups in total. The maximum absolute atomic E-state index is 8.88. The van der Waals surface area contributed by atoms with Gasteiger partial charge < -0.3 is 14.9 Å². The molecule has 0 fully saturated rings. The van der Waals surface area contributed by atoms with Crippen molar-refractivity contribution in [3.63, 3.8) is 0 Å². The van der Waals surface area contributed by atoms with Crippen LogP contribution in [-0.4, -0.2) is 36.1 Å². The van der Waals surface area contributed by atoms with Gasteiger partial charge in [0.2, 0.25) is 0 Å². The summed E-state index contributed by atoms with van der Waals surface area (Å²) in [4.78, 5) is 0. The van der Waals surface area contributed by atoms with Crippen LogP contribution in [0.4, 0.5) is 0 Å². The molecule has 0 aromatic heterocycles. The van der Waals surface area contributed by atoms with Crippen LogP contribution in [0.5, 0.6) is 0 Å². The summed E-state index contributed by atoms with van der Waals surface area (Å²) in [5.74, 6) is 0. The van der Waals surface area contributed by atoms with E-state index in [1.165, 1.54) is 16.7 Å². The Hall–Kier alpha value is -0.900. The molecule has 0 aliphatic rings. The standard InChI is InChI=1S/C18H32O3/c1-15(2)7-5-8-16(3)9-6-10-17(4)11-12-21-18(13-19)14-20/h7,9,11,18-20H,5-6,8,10,12-14H2,1-4H3/b16-9+,17-11+. The second-order valence-electron chi connectivity index (χ2n) is 5.78. The highest BCUT2D eigenvalue weighted by molar-refractivity contribution is 5.05. The maximum Gasteiger partial charge on any atom is 0.104 e. The zero-order valence-electron chi connectivity index (χ0n) is 14.1. The molecule has 0 saturated carbocycles. The lowest BCUT2D eigenvalue weighted by Crippen LogP contribution is -2.22. The fourth-order valence-corrected chi connectivity index (χ4v) is 1.83. The first kappa shape index (κ1) is 20.1. The van der Waals surface area contributed by atoms with Crippen molar-refractivity contribution in [3.05, 3.63) is 34.9 Å². The van der Waals surface area contributed by atoms with Gasteiger partial charge in [-0.3, -0.25) is 0 Å². The van der Waals surface area contributed by atoms with E-state index in [-0.39, 0.29) is 13.2 Å². The molecule has 0 rings (SSSR count). The van der Waals surface area contributed by atoms with Gasteiger partial charge in [0.15, 0.2) is 0 Å². The van der Waals surface area contributed by atoms with Gasteiger partial charge in [-0.2, -0.15) is 0 Å². The van der Waals surface area contributed by atoms with E-state index in [1.54, 1.807) is 0 Å². The van der Waals surface area contributed by atoms with Crippen LogP contribution in [-0.2, 0) is 4.74 Å². The first-order chi connectivity index (χ1) is 9.99. The Kier molecular flexibility index (Phi) is 12.3. The topological polar surface area (TPSA) is 49.7 Å². The van der Waals surface area contributed by atoms with E-state index in [4.69, 9.17) is 14.9 Å². The summed E-state index contributed by atoms with van der Waals surface area (Å²) >= 11 is 0. The number of aliphatic hydroxyl groups excluding tert-OH is 2. The Balaban J connectivity index is 3.90. The average Bonchev–Trinajstić information content (AvgIpc) is 2.43. The summed E-state index contributed by atoms with van der Waals surface area (Å²) in [7, 11) is 0. The number of hydrogen-bond donors (Lipinski definition) is 2. The molecule has 0 atom stereocenters. The van der Waals surface area contributed by atoms with Crippen LogP contribution in [0.1, 0.15) is 53.4 Å². The van der Waals surface area contributed by atoms with Gasteiger partial charge in [0.25, 0.3) is 0 Å². The van der Waals surface area contributed by atoms with Crippen molar-refractivity contribution in [2.45, 2.75) is 59.5 Å². The molecule has 0 aromatic carbocycles. The highest BCUT2D eigenvalue weighted by Gasteiger charge is 2.03. The third kappa shape index (κ3) is 12.5. The number of rotatable bonds is 11. The Morgan fingerprint density at radius 1 is 0.857 bits per heavy atom. The second kappa shape index (κ2) is 12.8. The summed E-state index contributed by atoms with van der Waals surface area (Å²) in [5.41, 5.74) is 4.10. The first-order valence-corrected chi connectivity index (χ1v) is 7.77. The normalized spacial score (nSPS) is 12.9. The number of allylic oxidation sites excluding steroid dienone is 5. The zero-order valence-corrected chi connectivity index (χ0v) is 14.1. The maximum atomic E-state index is 8.88. The minimum absolute atomic E-state index is 0.142. The summed E-state index contributed by atoms with van der Waals surface area (Å²) < 4.78 is 5.32. The van der Waals surface area contributed by atoms with Crippen molar-refractivity contribution in [2.24, 2.45) is 0 Å². The van der Waals surface area contributed by atoms with Gasteiger partial charge in [0.1, 0.15) is 6.10 Å². The lowest BCUT2D eigenvalue weighted by molar-refractivity contribution is -0.00736. The molecule has 0 amide bonds. The smallest absolute Gasteiger partial charge is 0.104 e. The highest BCUT2D eigenvalue weighted by atomic mass is 16.5. The molecular weight excluding hydrogens is 264 g/mol. The first-order valence-electron chi connectivity index (χ1n) is 7.77. The van der Waals surface area contributed by atoms with E-state index in [9.17, 15) is 0 Å². The Labute approximate surface area is 130 Å². The van der Waals surface area contributed by atoms with Crippen LogP contribution in [0.15, 0.2) is 34.9 Å². The van der Waals surface area contributed by atoms with Crippen molar-refractivity contribution >= 4 is 0 Å². The minimum Gasteiger partial charge on any atom is -0.394 e. The molecule has 0 aromatic rings. The molecule has 0 heterocycles. The van der Waals surface area contributed by atoms with E-state index in [1.807, 2.05) is 6.08 Å². The predicted octanol–water partition coefficient (Wildman–Crippen LogP) is 3.78. The van der Waals surface area contributed by atoms with E-state index in [0.29, 0.717) is 6.61 Å². The Morgan fingerprint density at radius 3 is 1.90 bits per heavy atom. The van der Waals surface area contributed by atoms with Crippen LogP contribution in [0, 0.1) is 0 Å². The van der Waals surface area contributed by atoms with E-state index in [0.717, 1.165) is 25.7 Å². The van der Waals surface area contributed by atoms with Crippen molar-refractivity contribution in [2.75, 3.05) is 19.8 Å². The van der Waals surface area contributed by atoms with E-state index < -0.39 is 6.10 Å². The summed E-state index contributed by atoms with van der Waals surface area (Å²) in [6, 6.07) is 0. The fraction of sp³-hybridized carbons (Fsp3) is 0.667. The van der Waals surface area contributed by atoms with Gasteiger partial charge in [-0.15, -0.1) is 0 Å². The lowest BCUT2D eigenvalue weighted by atomic mass is 10.1. The molecule has 0 radical (unpaired) electrons. The van der Waals surface area contributed by atoms with Gasteiger partial charge in [-0.1, -0.05) is 34.9 Å². The summed E-state index contributed by atoms with van der Waals surface area (Å²) in [6.45, 7) is 8.70. The third-order valence-corrected chi connectivity index (χ3v) is 3.29. The second-order valence-corrected chi connectivity index (χ2v) is 5.78.